The molecule has 5 heteroatoms. The summed E-state index contributed by atoms with van der Waals surface area (Å²) in [5.74, 6) is 1.52. The van der Waals surface area contributed by atoms with Crippen LogP contribution < -0.4 is 0 Å². The number of aryl methyl sites for hydroxylation is 1. The zero-order chi connectivity index (χ0) is 18.0. The van der Waals surface area contributed by atoms with Gasteiger partial charge in [-0.15, -0.1) is 0 Å². The van der Waals surface area contributed by atoms with Crippen LogP contribution in [0.3, 0.4) is 0 Å². The molecule has 0 bridgehead atoms. The number of aromatic amines is 1. The van der Waals surface area contributed by atoms with Crippen LogP contribution in [0.1, 0.15) is 37.4 Å². The SMILES string of the molecule is CC1(C)C[C@H]1c1cc(Cl)cc(Cl)c1.Cc1cnc(-c2cccnc2)[nH]1. The summed E-state index contributed by atoms with van der Waals surface area (Å²) >= 11 is 11.9. The third-order valence-electron chi connectivity index (χ3n) is 4.44. The fraction of sp³-hybridized carbons (Fsp3) is 0.300. The van der Waals surface area contributed by atoms with Crippen LogP contribution in [0.2, 0.25) is 10.0 Å². The Morgan fingerprint density at radius 3 is 2.28 bits per heavy atom. The van der Waals surface area contributed by atoms with Crippen molar-refractivity contribution in [2.24, 2.45) is 5.41 Å². The summed E-state index contributed by atoms with van der Waals surface area (Å²) in [5, 5.41) is 1.48. The van der Waals surface area contributed by atoms with Gasteiger partial charge in [0.2, 0.25) is 0 Å². The molecule has 1 atom stereocenters. The first kappa shape index (κ1) is 18.0. The summed E-state index contributed by atoms with van der Waals surface area (Å²) in [6.07, 6.45) is 6.59. The monoisotopic (exact) mass is 373 g/mol. The summed E-state index contributed by atoms with van der Waals surface area (Å²) in [6.45, 7) is 6.52. The molecule has 1 fully saturated rings. The summed E-state index contributed by atoms with van der Waals surface area (Å²) in [4.78, 5) is 11.3. The predicted molar refractivity (Wildman–Crippen MR) is 104 cm³/mol. The molecule has 0 unspecified atom stereocenters. The molecule has 0 amide bonds. The Balaban J connectivity index is 0.000000146. The largest absolute Gasteiger partial charge is 0.342 e. The molecule has 4 rings (SSSR count). The van der Waals surface area contributed by atoms with Gasteiger partial charge in [-0.25, -0.2) is 4.98 Å². The minimum atomic E-state index is 0.439. The Kier molecular flexibility index (Phi) is 5.16. The van der Waals surface area contributed by atoms with E-state index in [0.717, 1.165) is 27.1 Å². The number of nitrogens with one attached hydrogen (secondary N) is 1. The first-order chi connectivity index (χ1) is 11.8. The van der Waals surface area contributed by atoms with Crippen LogP contribution in [0.15, 0.2) is 48.9 Å². The summed E-state index contributed by atoms with van der Waals surface area (Å²) < 4.78 is 0. The number of nitrogens with zero attached hydrogens (tertiary/aromatic N) is 2. The summed E-state index contributed by atoms with van der Waals surface area (Å²) in [5.41, 5.74) is 3.80. The van der Waals surface area contributed by atoms with Crippen molar-refractivity contribution in [2.45, 2.75) is 33.1 Å². The summed E-state index contributed by atoms with van der Waals surface area (Å²) in [6, 6.07) is 9.69. The molecule has 3 aromatic rings. The number of halogens is 2. The first-order valence-corrected chi connectivity index (χ1v) is 8.99. The summed E-state index contributed by atoms with van der Waals surface area (Å²) in [7, 11) is 0. The van der Waals surface area contributed by atoms with Crippen LogP contribution in [-0.2, 0) is 0 Å². The van der Waals surface area contributed by atoms with Crippen LogP contribution in [0, 0.1) is 12.3 Å². The van der Waals surface area contributed by atoms with Gasteiger partial charge in [0.05, 0.1) is 0 Å². The number of hydrogen-bond donors (Lipinski definition) is 1. The van der Waals surface area contributed by atoms with Gasteiger partial charge in [-0.05, 0) is 60.6 Å². The molecule has 2 heterocycles. The highest BCUT2D eigenvalue weighted by molar-refractivity contribution is 6.34. The number of pyridine rings is 1. The van der Waals surface area contributed by atoms with E-state index < -0.39 is 0 Å². The van der Waals surface area contributed by atoms with Crippen LogP contribution in [0.5, 0.6) is 0 Å². The Hall–Kier alpha value is -1.84. The first-order valence-electron chi connectivity index (χ1n) is 8.23. The van der Waals surface area contributed by atoms with Crippen LogP contribution in [-0.4, -0.2) is 15.0 Å². The highest BCUT2D eigenvalue weighted by atomic mass is 35.5. The standard InChI is InChI=1S/C11H12Cl2.C9H9N3/c1-11(2)6-10(11)7-3-8(12)5-9(13)4-7;1-7-5-11-9(12-7)8-3-2-4-10-6-8/h3-5,10H,6H2,1-2H3;2-6H,1H3,(H,11,12)/t10-;/m0./s1. The molecule has 0 saturated heterocycles. The maximum Gasteiger partial charge on any atom is 0.139 e. The van der Waals surface area contributed by atoms with E-state index in [4.69, 9.17) is 23.2 Å². The average Bonchev–Trinajstić information content (AvgIpc) is 2.99. The van der Waals surface area contributed by atoms with Crippen LogP contribution in [0.25, 0.3) is 11.4 Å². The third kappa shape index (κ3) is 4.62. The van der Waals surface area contributed by atoms with Gasteiger partial charge in [-0.2, -0.15) is 0 Å². The predicted octanol–water partition coefficient (Wildman–Crippen LogP) is 6.29. The zero-order valence-electron chi connectivity index (χ0n) is 14.6. The Bertz CT molecular complexity index is 836. The maximum atomic E-state index is 5.93. The second kappa shape index (κ2) is 7.19. The van der Waals surface area contributed by atoms with E-state index >= 15 is 0 Å². The molecule has 1 N–H and O–H groups in total. The topological polar surface area (TPSA) is 41.6 Å². The van der Waals surface area contributed by atoms with Crippen molar-refractivity contribution >= 4 is 23.2 Å². The minimum Gasteiger partial charge on any atom is -0.342 e. The second-order valence-electron chi connectivity index (χ2n) is 7.10. The van der Waals surface area contributed by atoms with Crippen molar-refractivity contribution in [3.05, 3.63) is 70.2 Å². The highest BCUT2D eigenvalue weighted by Gasteiger charge is 2.46. The molecule has 25 heavy (non-hydrogen) atoms. The Labute approximate surface area is 158 Å². The van der Waals surface area contributed by atoms with E-state index in [-0.39, 0.29) is 0 Å². The molecule has 0 radical (unpaired) electrons. The van der Waals surface area contributed by atoms with Crippen LogP contribution in [0.4, 0.5) is 0 Å². The van der Waals surface area contributed by atoms with Gasteiger partial charge >= 0.3 is 0 Å². The van der Waals surface area contributed by atoms with E-state index in [9.17, 15) is 0 Å². The molecule has 0 spiro atoms. The number of imidazole rings is 1. The molecular formula is C20H21Cl2N3. The lowest BCUT2D eigenvalue weighted by Gasteiger charge is -2.04. The van der Waals surface area contributed by atoms with Gasteiger partial charge in [0, 0.05) is 39.9 Å². The lowest BCUT2D eigenvalue weighted by Crippen LogP contribution is -1.89. The van der Waals surface area contributed by atoms with Crippen molar-refractivity contribution in [3.63, 3.8) is 0 Å². The molecular weight excluding hydrogens is 353 g/mol. The molecule has 2 aromatic heterocycles. The lowest BCUT2D eigenvalue weighted by molar-refractivity contribution is 0.622. The number of H-pyrrole nitrogens is 1. The Morgan fingerprint density at radius 2 is 1.80 bits per heavy atom. The molecule has 1 aliphatic rings. The van der Waals surface area contributed by atoms with E-state index in [1.165, 1.54) is 12.0 Å². The molecule has 3 nitrogen and oxygen atoms in total. The number of hydrogen-bond acceptors (Lipinski definition) is 2. The van der Waals surface area contributed by atoms with Crippen molar-refractivity contribution in [2.75, 3.05) is 0 Å². The Morgan fingerprint density at radius 1 is 1.12 bits per heavy atom. The second-order valence-corrected chi connectivity index (χ2v) is 7.98. The van der Waals surface area contributed by atoms with E-state index in [2.05, 4.69) is 28.8 Å². The quantitative estimate of drug-likeness (QED) is 0.573. The van der Waals surface area contributed by atoms with Crippen LogP contribution >= 0.6 is 23.2 Å². The van der Waals surface area contributed by atoms with Gasteiger partial charge in [0.25, 0.3) is 0 Å². The smallest absolute Gasteiger partial charge is 0.139 e. The zero-order valence-corrected chi connectivity index (χ0v) is 16.1. The van der Waals surface area contributed by atoms with E-state index in [1.54, 1.807) is 18.5 Å². The van der Waals surface area contributed by atoms with Crippen molar-refractivity contribution in [3.8, 4) is 11.4 Å². The fourth-order valence-corrected chi connectivity index (χ4v) is 3.42. The minimum absolute atomic E-state index is 0.439. The third-order valence-corrected chi connectivity index (χ3v) is 4.87. The molecule has 1 saturated carbocycles. The number of benzene rings is 1. The maximum absolute atomic E-state index is 5.93. The molecule has 1 aromatic carbocycles. The van der Waals surface area contributed by atoms with E-state index in [1.807, 2.05) is 37.4 Å². The van der Waals surface area contributed by atoms with Gasteiger partial charge in [0.1, 0.15) is 5.82 Å². The molecule has 130 valence electrons. The van der Waals surface area contributed by atoms with Crippen molar-refractivity contribution in [1.82, 2.24) is 15.0 Å². The number of aromatic nitrogens is 3. The average molecular weight is 374 g/mol. The fourth-order valence-electron chi connectivity index (χ4n) is 2.87. The van der Waals surface area contributed by atoms with E-state index in [0.29, 0.717) is 11.3 Å². The van der Waals surface area contributed by atoms with Crippen molar-refractivity contribution in [1.29, 1.82) is 0 Å². The lowest BCUT2D eigenvalue weighted by atomic mass is 10.0. The van der Waals surface area contributed by atoms with Crippen molar-refractivity contribution < 1.29 is 0 Å². The number of rotatable bonds is 2. The normalized spacial score (nSPS) is 17.6. The van der Waals surface area contributed by atoms with Gasteiger partial charge in [-0.3, -0.25) is 4.98 Å². The molecule has 0 aliphatic heterocycles. The van der Waals surface area contributed by atoms with Gasteiger partial charge in [0.15, 0.2) is 0 Å². The van der Waals surface area contributed by atoms with Gasteiger partial charge in [-0.1, -0.05) is 37.0 Å². The molecule has 1 aliphatic carbocycles. The van der Waals surface area contributed by atoms with Gasteiger partial charge < -0.3 is 4.98 Å². The highest BCUT2D eigenvalue weighted by Crippen LogP contribution is 2.58.